The molecule has 0 aliphatic rings. The van der Waals surface area contributed by atoms with Gasteiger partial charge in [-0.3, -0.25) is 14.1 Å². The minimum Gasteiger partial charge on any atom is -0.481 e. The molecule has 2 unspecified atom stereocenters. The second-order valence-corrected chi connectivity index (χ2v) is 10.7. The Morgan fingerprint density at radius 3 is 1.41 bits per heavy atom. The van der Waals surface area contributed by atoms with Gasteiger partial charge in [-0.1, -0.05) is 117 Å². The fraction of sp³-hybridized carbons (Fsp3) is 0.917. The van der Waals surface area contributed by atoms with Crippen molar-refractivity contribution in [3.63, 3.8) is 0 Å². The van der Waals surface area contributed by atoms with Gasteiger partial charge in [0.15, 0.2) is 0 Å². The van der Waals surface area contributed by atoms with Crippen LogP contribution in [0.1, 0.15) is 129 Å². The lowest BCUT2D eigenvalue weighted by molar-refractivity contribution is -0.152. The van der Waals surface area contributed by atoms with Gasteiger partial charge in [-0.05, 0) is 12.8 Å². The first-order chi connectivity index (χ1) is 15.1. The van der Waals surface area contributed by atoms with E-state index in [9.17, 15) is 32.8 Å². The zero-order valence-electron chi connectivity index (χ0n) is 20.2. The number of carboxylic acids is 2. The maximum Gasteiger partial charge on any atom is 0.328 e. The summed E-state index contributed by atoms with van der Waals surface area (Å²) in [6.07, 6.45) is 14.4. The molecule has 0 radical (unpaired) electrons. The van der Waals surface area contributed by atoms with Gasteiger partial charge in [-0.15, -0.1) is 0 Å². The third-order valence-corrected chi connectivity index (χ3v) is 8.02. The molecule has 0 bridgehead atoms. The molecule has 7 nitrogen and oxygen atoms in total. The van der Waals surface area contributed by atoms with E-state index in [2.05, 4.69) is 13.8 Å². The van der Waals surface area contributed by atoms with E-state index in [-0.39, 0.29) is 19.3 Å². The predicted molar refractivity (Wildman–Crippen MR) is 127 cm³/mol. The number of carbonyl (C=O) groups is 2. The van der Waals surface area contributed by atoms with Crippen molar-refractivity contribution in [2.24, 2.45) is 5.92 Å². The van der Waals surface area contributed by atoms with Crippen LogP contribution in [0.25, 0.3) is 0 Å². The molecule has 0 aromatic carbocycles. The van der Waals surface area contributed by atoms with Crippen molar-refractivity contribution in [1.29, 1.82) is 0 Å². The summed E-state index contributed by atoms with van der Waals surface area (Å²) >= 11 is 0. The highest BCUT2D eigenvalue weighted by atomic mass is 32.2. The van der Waals surface area contributed by atoms with Crippen molar-refractivity contribution in [1.82, 2.24) is 0 Å². The zero-order chi connectivity index (χ0) is 24.5. The monoisotopic (exact) mass is 478 g/mol. The van der Waals surface area contributed by atoms with Gasteiger partial charge in [0.25, 0.3) is 10.1 Å². The molecule has 0 spiro atoms. The maximum atomic E-state index is 12.2. The third kappa shape index (κ3) is 11.1. The van der Waals surface area contributed by atoms with E-state index in [1.165, 1.54) is 12.8 Å². The summed E-state index contributed by atoms with van der Waals surface area (Å²) in [5, 5.41) is 19.5. The second-order valence-electron chi connectivity index (χ2n) is 9.05. The number of carboxylic acid groups (broad SMARTS) is 2. The Hall–Kier alpha value is -1.15. The summed E-state index contributed by atoms with van der Waals surface area (Å²) in [7, 11) is -5.11. The third-order valence-electron chi connectivity index (χ3n) is 6.43. The Morgan fingerprint density at radius 1 is 0.688 bits per heavy atom. The molecule has 0 rings (SSSR count). The first-order valence-electron chi connectivity index (χ1n) is 12.6. The van der Waals surface area contributed by atoms with Crippen molar-refractivity contribution in [3.05, 3.63) is 0 Å². The molecular formula is C24H46O7S. The standard InChI is InChI=1S/C24H46O7S/c1-3-5-7-9-11-13-15-17-19-21(22(25)26)24(23(27)28,32(29,30)31)20-18-16-14-12-10-8-6-4-2/h21H,3-20H2,1-2H3,(H,25,26)(H,27,28)(H,29,30,31). The van der Waals surface area contributed by atoms with Crippen molar-refractivity contribution < 1.29 is 32.8 Å². The largest absolute Gasteiger partial charge is 0.481 e. The van der Waals surface area contributed by atoms with Gasteiger partial charge in [0, 0.05) is 0 Å². The minimum absolute atomic E-state index is 0.0760. The van der Waals surface area contributed by atoms with Crippen LogP contribution in [0.3, 0.4) is 0 Å². The van der Waals surface area contributed by atoms with Crippen molar-refractivity contribution in [3.8, 4) is 0 Å². The van der Waals surface area contributed by atoms with Crippen LogP contribution in [0.15, 0.2) is 0 Å². The Morgan fingerprint density at radius 2 is 1.06 bits per heavy atom. The van der Waals surface area contributed by atoms with E-state index in [4.69, 9.17) is 0 Å². The average Bonchev–Trinajstić information content (AvgIpc) is 2.71. The van der Waals surface area contributed by atoms with Crippen LogP contribution in [0.2, 0.25) is 0 Å². The van der Waals surface area contributed by atoms with Crippen LogP contribution in [0.5, 0.6) is 0 Å². The number of hydrogen-bond acceptors (Lipinski definition) is 4. The fourth-order valence-electron chi connectivity index (χ4n) is 4.41. The van der Waals surface area contributed by atoms with Crippen LogP contribution in [0, 0.1) is 5.92 Å². The molecular weight excluding hydrogens is 432 g/mol. The highest BCUT2D eigenvalue weighted by molar-refractivity contribution is 7.88. The van der Waals surface area contributed by atoms with Crippen LogP contribution in [-0.2, 0) is 19.7 Å². The van der Waals surface area contributed by atoms with Gasteiger partial charge in [0.05, 0.1) is 5.92 Å². The van der Waals surface area contributed by atoms with Gasteiger partial charge < -0.3 is 10.2 Å². The van der Waals surface area contributed by atoms with Crippen molar-refractivity contribution in [2.45, 2.75) is 134 Å². The molecule has 0 amide bonds. The summed E-state index contributed by atoms with van der Waals surface area (Å²) in [5.41, 5.74) is 0. The smallest absolute Gasteiger partial charge is 0.328 e. The van der Waals surface area contributed by atoms with E-state index in [0.29, 0.717) is 12.8 Å². The maximum absolute atomic E-state index is 12.2. The SMILES string of the molecule is CCCCCCCCCCC(C(=O)O)C(CCCCCCCCCC)(C(=O)O)S(=O)(=O)O. The number of rotatable bonds is 22. The first kappa shape index (κ1) is 30.9. The fourth-order valence-corrected chi connectivity index (χ4v) is 5.61. The molecule has 0 heterocycles. The Labute approximate surface area is 195 Å². The van der Waals surface area contributed by atoms with E-state index >= 15 is 0 Å². The van der Waals surface area contributed by atoms with E-state index in [1.807, 2.05) is 0 Å². The summed E-state index contributed by atoms with van der Waals surface area (Å²) in [5.74, 6) is -4.91. The zero-order valence-corrected chi connectivity index (χ0v) is 21.0. The van der Waals surface area contributed by atoms with Crippen molar-refractivity contribution >= 4 is 22.1 Å². The molecule has 0 aromatic rings. The van der Waals surface area contributed by atoms with Crippen LogP contribution >= 0.6 is 0 Å². The van der Waals surface area contributed by atoms with E-state index in [0.717, 1.165) is 70.6 Å². The average molecular weight is 479 g/mol. The molecule has 0 aliphatic carbocycles. The van der Waals surface area contributed by atoms with Gasteiger partial charge in [0.1, 0.15) is 0 Å². The Bertz CT molecular complexity index is 618. The lowest BCUT2D eigenvalue weighted by atomic mass is 9.82. The quantitative estimate of drug-likeness (QED) is 0.120. The molecule has 0 aromatic heterocycles. The summed E-state index contributed by atoms with van der Waals surface area (Å²) in [6, 6.07) is 0. The van der Waals surface area contributed by atoms with Crippen molar-refractivity contribution in [2.75, 3.05) is 0 Å². The molecule has 0 fully saturated rings. The predicted octanol–water partition coefficient (Wildman–Crippen LogP) is 6.46. The van der Waals surface area contributed by atoms with E-state index < -0.39 is 32.7 Å². The molecule has 0 aliphatic heterocycles. The highest BCUT2D eigenvalue weighted by Crippen LogP contribution is 2.37. The number of aliphatic carboxylic acids is 2. The summed E-state index contributed by atoms with van der Waals surface area (Å²) < 4.78 is 31.6. The van der Waals surface area contributed by atoms with Crippen LogP contribution in [0.4, 0.5) is 0 Å². The van der Waals surface area contributed by atoms with Gasteiger partial charge in [-0.2, -0.15) is 8.42 Å². The highest BCUT2D eigenvalue weighted by Gasteiger charge is 2.58. The lowest BCUT2D eigenvalue weighted by Crippen LogP contribution is -2.55. The van der Waals surface area contributed by atoms with Gasteiger partial charge in [0.2, 0.25) is 4.75 Å². The molecule has 190 valence electrons. The van der Waals surface area contributed by atoms with E-state index in [1.54, 1.807) is 0 Å². The van der Waals surface area contributed by atoms with Crippen LogP contribution in [-0.4, -0.2) is 39.9 Å². The number of unbranched alkanes of at least 4 members (excludes halogenated alkanes) is 14. The molecule has 2 atom stereocenters. The molecule has 0 saturated heterocycles. The molecule has 32 heavy (non-hydrogen) atoms. The first-order valence-corrected chi connectivity index (χ1v) is 14.0. The van der Waals surface area contributed by atoms with Crippen LogP contribution < -0.4 is 0 Å². The van der Waals surface area contributed by atoms with Gasteiger partial charge in [-0.25, -0.2) is 0 Å². The Kier molecular flexibility index (Phi) is 16.7. The Balaban J connectivity index is 4.97. The lowest BCUT2D eigenvalue weighted by Gasteiger charge is -2.32. The normalized spacial score (nSPS) is 14.7. The topological polar surface area (TPSA) is 129 Å². The molecule has 8 heteroatoms. The summed E-state index contributed by atoms with van der Waals surface area (Å²) in [6.45, 7) is 4.27. The summed E-state index contributed by atoms with van der Waals surface area (Å²) in [4.78, 5) is 24.0. The molecule has 3 N–H and O–H groups in total. The minimum atomic E-state index is -5.11. The second kappa shape index (κ2) is 17.3. The molecule has 0 saturated carbocycles. The van der Waals surface area contributed by atoms with Gasteiger partial charge >= 0.3 is 11.9 Å². The number of hydrogen-bond donors (Lipinski definition) is 3.